The molecule has 0 radical (unpaired) electrons. The SMILES string of the molecule is CC(O)CCOc1ccc([C@@H](C)O)c(F)c1. The minimum atomic E-state index is -0.827. The lowest BCUT2D eigenvalue weighted by Crippen LogP contribution is -2.07. The molecule has 0 aliphatic carbocycles. The van der Waals surface area contributed by atoms with Crippen molar-refractivity contribution in [2.75, 3.05) is 6.61 Å². The van der Waals surface area contributed by atoms with Crippen LogP contribution in [0.1, 0.15) is 31.9 Å². The summed E-state index contributed by atoms with van der Waals surface area (Å²) in [5, 5.41) is 18.2. The van der Waals surface area contributed by atoms with Gasteiger partial charge in [0.25, 0.3) is 0 Å². The van der Waals surface area contributed by atoms with Gasteiger partial charge in [-0.1, -0.05) is 0 Å². The number of hydrogen-bond acceptors (Lipinski definition) is 3. The summed E-state index contributed by atoms with van der Waals surface area (Å²) in [6.45, 7) is 3.51. The van der Waals surface area contributed by atoms with Gasteiger partial charge in [-0.05, 0) is 26.0 Å². The van der Waals surface area contributed by atoms with Crippen molar-refractivity contribution in [3.63, 3.8) is 0 Å². The fraction of sp³-hybridized carbons (Fsp3) is 0.500. The Kier molecular flexibility index (Phi) is 4.71. The van der Waals surface area contributed by atoms with E-state index in [0.717, 1.165) is 0 Å². The van der Waals surface area contributed by atoms with E-state index in [1.807, 2.05) is 0 Å². The molecule has 0 fully saturated rings. The summed E-state index contributed by atoms with van der Waals surface area (Å²) in [4.78, 5) is 0. The van der Waals surface area contributed by atoms with Gasteiger partial charge in [0, 0.05) is 18.1 Å². The lowest BCUT2D eigenvalue weighted by atomic mass is 10.1. The van der Waals surface area contributed by atoms with Gasteiger partial charge < -0.3 is 14.9 Å². The second kappa shape index (κ2) is 5.82. The number of aliphatic hydroxyl groups excluding tert-OH is 2. The number of hydrogen-bond donors (Lipinski definition) is 2. The Balaban J connectivity index is 2.59. The molecule has 0 amide bonds. The molecule has 0 aromatic heterocycles. The van der Waals surface area contributed by atoms with Gasteiger partial charge in [0.15, 0.2) is 0 Å². The molecule has 0 aliphatic heterocycles. The molecule has 0 aliphatic rings. The van der Waals surface area contributed by atoms with Crippen LogP contribution in [0, 0.1) is 5.82 Å². The molecule has 1 aromatic carbocycles. The highest BCUT2D eigenvalue weighted by Crippen LogP contribution is 2.21. The maximum atomic E-state index is 13.4. The normalized spacial score (nSPS) is 14.6. The highest BCUT2D eigenvalue weighted by atomic mass is 19.1. The summed E-state index contributed by atoms with van der Waals surface area (Å²) in [5.41, 5.74) is 0.253. The molecule has 0 saturated heterocycles. The number of benzene rings is 1. The molecule has 1 aromatic rings. The smallest absolute Gasteiger partial charge is 0.132 e. The topological polar surface area (TPSA) is 49.7 Å². The molecule has 0 saturated carbocycles. The summed E-state index contributed by atoms with van der Waals surface area (Å²) >= 11 is 0. The molecular weight excluding hydrogens is 211 g/mol. The third-order valence-corrected chi connectivity index (χ3v) is 2.23. The van der Waals surface area contributed by atoms with Crippen LogP contribution in [0.2, 0.25) is 0 Å². The zero-order chi connectivity index (χ0) is 12.1. The van der Waals surface area contributed by atoms with Crippen LogP contribution in [0.5, 0.6) is 5.75 Å². The van der Waals surface area contributed by atoms with Crippen molar-refractivity contribution >= 4 is 0 Å². The number of ether oxygens (including phenoxy) is 1. The van der Waals surface area contributed by atoms with E-state index in [0.29, 0.717) is 18.8 Å². The second-order valence-electron chi connectivity index (χ2n) is 3.85. The summed E-state index contributed by atoms with van der Waals surface area (Å²) in [6.07, 6.45) is -0.757. The Morgan fingerprint density at radius 3 is 2.50 bits per heavy atom. The third kappa shape index (κ3) is 3.79. The molecule has 90 valence electrons. The minimum absolute atomic E-state index is 0.253. The lowest BCUT2D eigenvalue weighted by molar-refractivity contribution is 0.155. The highest BCUT2D eigenvalue weighted by molar-refractivity contribution is 5.29. The average molecular weight is 228 g/mol. The maximum absolute atomic E-state index is 13.4. The monoisotopic (exact) mass is 228 g/mol. The van der Waals surface area contributed by atoms with Crippen LogP contribution in [0.25, 0.3) is 0 Å². The van der Waals surface area contributed by atoms with Crippen LogP contribution in [0.4, 0.5) is 4.39 Å². The second-order valence-corrected chi connectivity index (χ2v) is 3.85. The molecular formula is C12H17FO3. The van der Waals surface area contributed by atoms with E-state index in [1.54, 1.807) is 13.0 Å². The first kappa shape index (κ1) is 12.9. The van der Waals surface area contributed by atoms with Crippen molar-refractivity contribution in [1.29, 1.82) is 0 Å². The maximum Gasteiger partial charge on any atom is 0.132 e. The zero-order valence-electron chi connectivity index (χ0n) is 9.48. The first-order chi connectivity index (χ1) is 7.50. The van der Waals surface area contributed by atoms with Gasteiger partial charge in [0.2, 0.25) is 0 Å². The molecule has 2 atom stereocenters. The van der Waals surface area contributed by atoms with Crippen LogP contribution in [-0.2, 0) is 0 Å². The molecule has 0 spiro atoms. The van der Waals surface area contributed by atoms with Crippen LogP contribution >= 0.6 is 0 Å². The third-order valence-electron chi connectivity index (χ3n) is 2.23. The van der Waals surface area contributed by atoms with Crippen LogP contribution in [-0.4, -0.2) is 22.9 Å². The predicted octanol–water partition coefficient (Wildman–Crippen LogP) is 2.03. The fourth-order valence-electron chi connectivity index (χ4n) is 1.28. The van der Waals surface area contributed by atoms with Crippen molar-refractivity contribution in [1.82, 2.24) is 0 Å². The van der Waals surface area contributed by atoms with Crippen molar-refractivity contribution in [3.8, 4) is 5.75 Å². The van der Waals surface area contributed by atoms with E-state index in [4.69, 9.17) is 9.84 Å². The Labute approximate surface area is 94.5 Å². The van der Waals surface area contributed by atoms with Gasteiger partial charge in [-0.15, -0.1) is 0 Å². The van der Waals surface area contributed by atoms with E-state index < -0.39 is 18.0 Å². The van der Waals surface area contributed by atoms with E-state index in [2.05, 4.69) is 0 Å². The standard InChI is InChI=1S/C12H17FO3/c1-8(14)5-6-16-10-3-4-11(9(2)15)12(13)7-10/h3-4,7-9,14-15H,5-6H2,1-2H3/t8?,9-/m1/s1. The molecule has 2 N–H and O–H groups in total. The molecule has 0 bridgehead atoms. The van der Waals surface area contributed by atoms with Gasteiger partial charge in [-0.25, -0.2) is 4.39 Å². The fourth-order valence-corrected chi connectivity index (χ4v) is 1.28. The number of aliphatic hydroxyl groups is 2. The van der Waals surface area contributed by atoms with E-state index in [9.17, 15) is 9.50 Å². The van der Waals surface area contributed by atoms with Gasteiger partial charge in [0.1, 0.15) is 11.6 Å². The average Bonchev–Trinajstić information content (AvgIpc) is 2.16. The quantitative estimate of drug-likeness (QED) is 0.810. The van der Waals surface area contributed by atoms with Gasteiger partial charge in [-0.3, -0.25) is 0 Å². The Hall–Kier alpha value is -1.13. The number of rotatable bonds is 5. The van der Waals surface area contributed by atoms with Crippen LogP contribution < -0.4 is 4.74 Å². The molecule has 4 heteroatoms. The van der Waals surface area contributed by atoms with Crippen molar-refractivity contribution in [3.05, 3.63) is 29.6 Å². The summed E-state index contributed by atoms with van der Waals surface area (Å²) < 4.78 is 18.6. The summed E-state index contributed by atoms with van der Waals surface area (Å²) in [5.74, 6) is -0.0768. The molecule has 16 heavy (non-hydrogen) atoms. The zero-order valence-corrected chi connectivity index (χ0v) is 9.48. The Morgan fingerprint density at radius 1 is 1.31 bits per heavy atom. The van der Waals surface area contributed by atoms with Gasteiger partial charge in [-0.2, -0.15) is 0 Å². The number of halogens is 1. The Bertz CT molecular complexity index is 337. The first-order valence-electron chi connectivity index (χ1n) is 5.29. The van der Waals surface area contributed by atoms with Crippen molar-refractivity contribution < 1.29 is 19.3 Å². The largest absolute Gasteiger partial charge is 0.493 e. The molecule has 0 heterocycles. The van der Waals surface area contributed by atoms with Crippen LogP contribution in [0.3, 0.4) is 0 Å². The van der Waals surface area contributed by atoms with Crippen molar-refractivity contribution in [2.45, 2.75) is 32.5 Å². The molecule has 1 unspecified atom stereocenters. The molecule has 3 nitrogen and oxygen atoms in total. The highest BCUT2D eigenvalue weighted by Gasteiger charge is 2.09. The minimum Gasteiger partial charge on any atom is -0.493 e. The van der Waals surface area contributed by atoms with Crippen molar-refractivity contribution in [2.24, 2.45) is 0 Å². The molecule has 1 rings (SSSR count). The summed E-state index contributed by atoms with van der Waals surface area (Å²) in [6, 6.07) is 4.34. The lowest BCUT2D eigenvalue weighted by Gasteiger charge is -2.10. The van der Waals surface area contributed by atoms with E-state index in [-0.39, 0.29) is 5.56 Å². The van der Waals surface area contributed by atoms with Gasteiger partial charge in [0.05, 0.1) is 18.8 Å². The van der Waals surface area contributed by atoms with E-state index in [1.165, 1.54) is 19.1 Å². The predicted molar refractivity (Wildman–Crippen MR) is 58.8 cm³/mol. The van der Waals surface area contributed by atoms with Crippen LogP contribution in [0.15, 0.2) is 18.2 Å². The van der Waals surface area contributed by atoms with E-state index >= 15 is 0 Å². The Morgan fingerprint density at radius 2 is 2.00 bits per heavy atom. The van der Waals surface area contributed by atoms with Gasteiger partial charge >= 0.3 is 0 Å². The summed E-state index contributed by atoms with van der Waals surface area (Å²) in [7, 11) is 0. The first-order valence-corrected chi connectivity index (χ1v) is 5.29.